The molecule has 21 heavy (non-hydrogen) atoms. The fourth-order valence-electron chi connectivity index (χ4n) is 2.50. The van der Waals surface area contributed by atoms with E-state index in [1.54, 1.807) is 10.5 Å². The molecule has 0 aromatic carbocycles. The molecule has 1 aromatic heterocycles. The molecule has 0 unspecified atom stereocenters. The quantitative estimate of drug-likeness (QED) is 0.710. The summed E-state index contributed by atoms with van der Waals surface area (Å²) in [6.45, 7) is 6.40. The summed E-state index contributed by atoms with van der Waals surface area (Å²) in [4.78, 5) is 0.429. The number of nitrogens with one attached hydrogen (secondary N) is 1. The van der Waals surface area contributed by atoms with Crippen LogP contribution in [0.5, 0.6) is 0 Å². The Balaban J connectivity index is 2.17. The lowest BCUT2D eigenvalue weighted by molar-refractivity contribution is 0.403. The van der Waals surface area contributed by atoms with Gasteiger partial charge in [0.1, 0.15) is 4.90 Å². The van der Waals surface area contributed by atoms with Gasteiger partial charge < -0.3 is 9.88 Å². The standard InChI is InChI=1S/C15H27N3O2S/c1-4-8-16-11-14-10-15(12-17(14)3)21(19,20)18(9-5-2)13-6-7-13/h10,12-13,16H,4-9,11H2,1-3H3. The maximum absolute atomic E-state index is 12.8. The third kappa shape index (κ3) is 3.87. The van der Waals surface area contributed by atoms with Gasteiger partial charge >= 0.3 is 0 Å². The number of hydrogen-bond donors (Lipinski definition) is 1. The summed E-state index contributed by atoms with van der Waals surface area (Å²) in [7, 11) is -1.44. The van der Waals surface area contributed by atoms with Gasteiger partial charge in [-0.15, -0.1) is 0 Å². The van der Waals surface area contributed by atoms with Crippen LogP contribution < -0.4 is 5.32 Å². The molecule has 5 nitrogen and oxygen atoms in total. The van der Waals surface area contributed by atoms with Crippen molar-refractivity contribution in [2.45, 2.75) is 57.0 Å². The van der Waals surface area contributed by atoms with Crippen molar-refractivity contribution in [2.75, 3.05) is 13.1 Å². The summed E-state index contributed by atoms with van der Waals surface area (Å²) >= 11 is 0. The first kappa shape index (κ1) is 16.5. The third-order valence-corrected chi connectivity index (χ3v) is 5.74. The number of aryl methyl sites for hydroxylation is 1. The Morgan fingerprint density at radius 2 is 2.05 bits per heavy atom. The summed E-state index contributed by atoms with van der Waals surface area (Å²) in [5.74, 6) is 0. The topological polar surface area (TPSA) is 54.3 Å². The molecule has 1 N–H and O–H groups in total. The molecule has 6 heteroatoms. The fraction of sp³-hybridized carbons (Fsp3) is 0.733. The fourth-order valence-corrected chi connectivity index (χ4v) is 4.38. The molecule has 0 amide bonds. The van der Waals surface area contributed by atoms with E-state index in [9.17, 15) is 8.42 Å². The monoisotopic (exact) mass is 313 g/mol. The molecule has 0 radical (unpaired) electrons. The van der Waals surface area contributed by atoms with Crippen LogP contribution in [-0.4, -0.2) is 36.4 Å². The molecule has 1 heterocycles. The van der Waals surface area contributed by atoms with Crippen molar-refractivity contribution in [3.63, 3.8) is 0 Å². The van der Waals surface area contributed by atoms with Crippen LogP contribution in [0.1, 0.15) is 45.2 Å². The van der Waals surface area contributed by atoms with Gasteiger partial charge in [-0.25, -0.2) is 8.42 Å². The number of sulfonamides is 1. The number of nitrogens with zero attached hydrogens (tertiary/aromatic N) is 2. The second-order valence-corrected chi connectivity index (χ2v) is 7.69. The average molecular weight is 313 g/mol. The van der Waals surface area contributed by atoms with Crippen LogP contribution in [0, 0.1) is 0 Å². The van der Waals surface area contributed by atoms with Gasteiger partial charge in [-0.3, -0.25) is 0 Å². The summed E-state index contributed by atoms with van der Waals surface area (Å²) in [5, 5.41) is 3.32. The maximum Gasteiger partial charge on any atom is 0.244 e. The van der Waals surface area contributed by atoms with Gasteiger partial charge in [0.15, 0.2) is 0 Å². The predicted octanol–water partition coefficient (Wildman–Crippen LogP) is 2.09. The molecule has 1 fully saturated rings. The van der Waals surface area contributed by atoms with E-state index in [2.05, 4.69) is 12.2 Å². The molecule has 0 aliphatic heterocycles. The van der Waals surface area contributed by atoms with E-state index in [0.717, 1.165) is 37.9 Å². The van der Waals surface area contributed by atoms with Gasteiger partial charge in [0.25, 0.3) is 0 Å². The van der Waals surface area contributed by atoms with Gasteiger partial charge in [0, 0.05) is 38.1 Å². The van der Waals surface area contributed by atoms with E-state index >= 15 is 0 Å². The highest BCUT2D eigenvalue weighted by atomic mass is 32.2. The van der Waals surface area contributed by atoms with Crippen molar-refractivity contribution in [1.82, 2.24) is 14.2 Å². The van der Waals surface area contributed by atoms with E-state index < -0.39 is 10.0 Å². The highest BCUT2D eigenvalue weighted by Crippen LogP contribution is 2.32. The SMILES string of the molecule is CCCNCc1cc(S(=O)(=O)N(CCC)C2CC2)cn1C. The summed E-state index contributed by atoms with van der Waals surface area (Å²) in [5.41, 5.74) is 1.01. The minimum absolute atomic E-state index is 0.219. The summed E-state index contributed by atoms with van der Waals surface area (Å²) in [6, 6.07) is 2.03. The Morgan fingerprint density at radius 1 is 1.33 bits per heavy atom. The van der Waals surface area contributed by atoms with Crippen LogP contribution >= 0.6 is 0 Å². The highest BCUT2D eigenvalue weighted by molar-refractivity contribution is 7.89. The van der Waals surface area contributed by atoms with Crippen molar-refractivity contribution in [3.05, 3.63) is 18.0 Å². The smallest absolute Gasteiger partial charge is 0.244 e. The molecule has 1 aliphatic rings. The Bertz CT molecular complexity index is 561. The third-order valence-electron chi connectivity index (χ3n) is 3.82. The summed E-state index contributed by atoms with van der Waals surface area (Å²) < 4.78 is 29.2. The molecule has 0 saturated heterocycles. The molecule has 0 bridgehead atoms. The zero-order valence-electron chi connectivity index (χ0n) is 13.3. The highest BCUT2D eigenvalue weighted by Gasteiger charge is 2.37. The lowest BCUT2D eigenvalue weighted by atomic mass is 10.4. The van der Waals surface area contributed by atoms with E-state index in [1.807, 2.05) is 24.6 Å². The van der Waals surface area contributed by atoms with E-state index in [1.165, 1.54) is 0 Å². The number of rotatable bonds is 9. The summed E-state index contributed by atoms with van der Waals surface area (Å²) in [6.07, 6.45) is 5.66. The van der Waals surface area contributed by atoms with Gasteiger partial charge in [-0.2, -0.15) is 4.31 Å². The van der Waals surface area contributed by atoms with E-state index in [-0.39, 0.29) is 6.04 Å². The Labute approximate surface area is 128 Å². The van der Waals surface area contributed by atoms with Crippen LogP contribution in [0.4, 0.5) is 0 Å². The van der Waals surface area contributed by atoms with Gasteiger partial charge in [-0.05, 0) is 38.3 Å². The predicted molar refractivity (Wildman–Crippen MR) is 84.6 cm³/mol. The molecule has 1 saturated carbocycles. The molecule has 1 aromatic rings. The van der Waals surface area contributed by atoms with E-state index in [0.29, 0.717) is 18.0 Å². The normalized spacial score (nSPS) is 15.8. The van der Waals surface area contributed by atoms with Crippen LogP contribution in [0.15, 0.2) is 17.2 Å². The van der Waals surface area contributed by atoms with Crippen molar-refractivity contribution < 1.29 is 8.42 Å². The Hall–Kier alpha value is -0.850. The molecule has 1 aliphatic carbocycles. The Kier molecular flexibility index (Phi) is 5.46. The molecular weight excluding hydrogens is 286 g/mol. The number of aromatic nitrogens is 1. The first-order valence-electron chi connectivity index (χ1n) is 7.88. The van der Waals surface area contributed by atoms with Gasteiger partial charge in [-0.1, -0.05) is 13.8 Å². The van der Waals surface area contributed by atoms with Crippen molar-refractivity contribution in [2.24, 2.45) is 7.05 Å². The minimum Gasteiger partial charge on any atom is -0.352 e. The molecular formula is C15H27N3O2S. The zero-order valence-corrected chi connectivity index (χ0v) is 14.1. The second-order valence-electron chi connectivity index (χ2n) is 5.80. The first-order valence-corrected chi connectivity index (χ1v) is 9.32. The molecule has 0 spiro atoms. The van der Waals surface area contributed by atoms with Crippen molar-refractivity contribution in [1.29, 1.82) is 0 Å². The van der Waals surface area contributed by atoms with Gasteiger partial charge in [0.05, 0.1) is 0 Å². The minimum atomic E-state index is -3.35. The van der Waals surface area contributed by atoms with Crippen molar-refractivity contribution >= 4 is 10.0 Å². The van der Waals surface area contributed by atoms with Crippen LogP contribution in [0.25, 0.3) is 0 Å². The van der Waals surface area contributed by atoms with E-state index in [4.69, 9.17) is 0 Å². The number of hydrogen-bond acceptors (Lipinski definition) is 3. The molecule has 2 rings (SSSR count). The maximum atomic E-state index is 12.8. The van der Waals surface area contributed by atoms with Gasteiger partial charge in [0.2, 0.25) is 10.0 Å². The van der Waals surface area contributed by atoms with Crippen LogP contribution in [-0.2, 0) is 23.6 Å². The van der Waals surface area contributed by atoms with Crippen LogP contribution in [0.2, 0.25) is 0 Å². The lowest BCUT2D eigenvalue weighted by Crippen LogP contribution is -2.33. The molecule has 120 valence electrons. The Morgan fingerprint density at radius 3 is 2.62 bits per heavy atom. The van der Waals surface area contributed by atoms with Crippen LogP contribution in [0.3, 0.4) is 0 Å². The largest absolute Gasteiger partial charge is 0.352 e. The second kappa shape index (κ2) is 6.94. The average Bonchev–Trinajstić information content (AvgIpc) is 3.20. The molecule has 0 atom stereocenters. The van der Waals surface area contributed by atoms with Crippen molar-refractivity contribution in [3.8, 4) is 0 Å². The zero-order chi connectivity index (χ0) is 15.5. The lowest BCUT2D eigenvalue weighted by Gasteiger charge is -2.20. The first-order chi connectivity index (χ1) is 10.0.